The summed E-state index contributed by atoms with van der Waals surface area (Å²) in [5.74, 6) is -1.29. The molecular weight excluding hydrogens is 224 g/mol. The zero-order chi connectivity index (χ0) is 12.4. The third kappa shape index (κ3) is 2.66. The van der Waals surface area contributed by atoms with Gasteiger partial charge in [-0.15, -0.1) is 0 Å². The topological polar surface area (TPSA) is 83.8 Å². The minimum absolute atomic E-state index is 0.164. The summed E-state index contributed by atoms with van der Waals surface area (Å²) in [6.07, 6.45) is 4.58. The number of rotatable bonds is 3. The summed E-state index contributed by atoms with van der Waals surface area (Å²) in [7, 11) is 0. The normalized spacial score (nSPS) is 36.1. The van der Waals surface area contributed by atoms with Crippen LogP contribution in [0, 0.1) is 11.8 Å². The van der Waals surface area contributed by atoms with Gasteiger partial charge in [0.2, 0.25) is 0 Å². The fourth-order valence-corrected chi connectivity index (χ4v) is 2.99. The molecule has 0 aliphatic heterocycles. The maximum absolute atomic E-state index is 11.3. The Morgan fingerprint density at radius 1 is 1.06 bits per heavy atom. The van der Waals surface area contributed by atoms with Crippen molar-refractivity contribution in [2.45, 2.75) is 37.9 Å². The van der Waals surface area contributed by atoms with Crippen LogP contribution in [0.1, 0.15) is 25.7 Å². The van der Waals surface area contributed by atoms with E-state index < -0.39 is 11.9 Å². The Balaban J connectivity index is 1.88. The molecule has 0 saturated heterocycles. The third-order valence-corrected chi connectivity index (χ3v) is 3.73. The van der Waals surface area contributed by atoms with Gasteiger partial charge in [-0.05, 0) is 31.6 Å². The number of hydrogen-bond acceptors (Lipinski definition) is 4. The molecule has 0 aromatic carbocycles. The van der Waals surface area contributed by atoms with Crippen LogP contribution in [0.5, 0.6) is 0 Å². The van der Waals surface area contributed by atoms with Crippen molar-refractivity contribution < 1.29 is 24.5 Å². The van der Waals surface area contributed by atoms with Gasteiger partial charge in [-0.3, -0.25) is 0 Å². The Kier molecular flexibility index (Phi) is 3.47. The number of aliphatic hydroxyl groups is 1. The second kappa shape index (κ2) is 4.87. The van der Waals surface area contributed by atoms with E-state index in [1.807, 2.05) is 0 Å². The highest BCUT2D eigenvalue weighted by molar-refractivity contribution is 5.90. The van der Waals surface area contributed by atoms with Gasteiger partial charge >= 0.3 is 11.9 Å². The van der Waals surface area contributed by atoms with Crippen LogP contribution in [0.15, 0.2) is 12.2 Å². The van der Waals surface area contributed by atoms with Crippen LogP contribution >= 0.6 is 0 Å². The number of carboxylic acids is 1. The minimum Gasteiger partial charge on any atom is -0.478 e. The first-order valence-electron chi connectivity index (χ1n) is 5.87. The van der Waals surface area contributed by atoms with Crippen LogP contribution < -0.4 is 0 Å². The molecule has 2 rings (SSSR count). The van der Waals surface area contributed by atoms with Crippen LogP contribution in [-0.2, 0) is 14.3 Å². The molecule has 0 radical (unpaired) electrons. The fraction of sp³-hybridized carbons (Fsp3) is 0.667. The number of carbonyl (C=O) groups is 2. The number of carboxylic acid groups (broad SMARTS) is 1. The van der Waals surface area contributed by atoms with Gasteiger partial charge in [0.15, 0.2) is 0 Å². The molecule has 0 unspecified atom stereocenters. The lowest BCUT2D eigenvalue weighted by Gasteiger charge is -2.18. The average molecular weight is 240 g/mol. The van der Waals surface area contributed by atoms with E-state index in [0.717, 1.165) is 37.8 Å². The number of hydrogen-bond donors (Lipinski definition) is 2. The zero-order valence-corrected chi connectivity index (χ0v) is 9.41. The van der Waals surface area contributed by atoms with Crippen LogP contribution in [0.25, 0.3) is 0 Å². The first kappa shape index (κ1) is 12.1. The number of fused-ring (bicyclic) bond motifs is 1. The highest BCUT2D eigenvalue weighted by Crippen LogP contribution is 2.45. The Hall–Kier alpha value is -1.36. The third-order valence-electron chi connectivity index (χ3n) is 3.73. The van der Waals surface area contributed by atoms with Crippen molar-refractivity contribution >= 4 is 11.9 Å². The van der Waals surface area contributed by atoms with E-state index in [1.165, 1.54) is 0 Å². The minimum atomic E-state index is -1.16. The van der Waals surface area contributed by atoms with Crippen LogP contribution in [0.4, 0.5) is 0 Å². The summed E-state index contributed by atoms with van der Waals surface area (Å²) in [6, 6.07) is 0. The number of carbonyl (C=O) groups excluding carboxylic acids is 1. The zero-order valence-electron chi connectivity index (χ0n) is 9.41. The maximum atomic E-state index is 11.3. The largest absolute Gasteiger partial charge is 0.478 e. The summed E-state index contributed by atoms with van der Waals surface area (Å²) in [6.45, 7) is 0. The molecule has 5 nitrogen and oxygen atoms in total. The molecule has 2 saturated carbocycles. The van der Waals surface area contributed by atoms with E-state index in [9.17, 15) is 14.7 Å². The van der Waals surface area contributed by atoms with Crippen molar-refractivity contribution in [1.82, 2.24) is 0 Å². The molecule has 0 aromatic heterocycles. The van der Waals surface area contributed by atoms with E-state index in [1.54, 1.807) is 0 Å². The molecule has 0 aromatic rings. The number of esters is 1. The van der Waals surface area contributed by atoms with Gasteiger partial charge in [0.1, 0.15) is 6.10 Å². The summed E-state index contributed by atoms with van der Waals surface area (Å²) in [4.78, 5) is 21.6. The lowest BCUT2D eigenvalue weighted by atomic mass is 9.98. The summed E-state index contributed by atoms with van der Waals surface area (Å²) in [5.41, 5.74) is 0. The van der Waals surface area contributed by atoms with Gasteiger partial charge in [-0.1, -0.05) is 0 Å². The van der Waals surface area contributed by atoms with Crippen molar-refractivity contribution in [3.63, 3.8) is 0 Å². The molecule has 2 fully saturated rings. The summed E-state index contributed by atoms with van der Waals surface area (Å²) < 4.78 is 5.22. The van der Waals surface area contributed by atoms with E-state index >= 15 is 0 Å². The quantitative estimate of drug-likeness (QED) is 0.561. The molecule has 0 amide bonds. The van der Waals surface area contributed by atoms with E-state index in [4.69, 9.17) is 9.84 Å². The molecular formula is C12H16O5. The van der Waals surface area contributed by atoms with Gasteiger partial charge in [0, 0.05) is 18.1 Å². The van der Waals surface area contributed by atoms with Gasteiger partial charge in [0.25, 0.3) is 0 Å². The fourth-order valence-electron chi connectivity index (χ4n) is 2.99. The maximum Gasteiger partial charge on any atom is 0.331 e. The molecule has 2 aliphatic rings. The van der Waals surface area contributed by atoms with Crippen molar-refractivity contribution in [3.8, 4) is 0 Å². The first-order valence-corrected chi connectivity index (χ1v) is 5.87. The molecule has 5 heteroatoms. The highest BCUT2D eigenvalue weighted by Gasteiger charge is 2.45. The Bertz CT molecular complexity index is 349. The average Bonchev–Trinajstić information content (AvgIpc) is 2.81. The van der Waals surface area contributed by atoms with E-state index in [2.05, 4.69) is 0 Å². The van der Waals surface area contributed by atoms with Crippen LogP contribution in [0.3, 0.4) is 0 Å². The Labute approximate surface area is 99.1 Å². The van der Waals surface area contributed by atoms with Gasteiger partial charge in [0.05, 0.1) is 6.10 Å². The molecule has 94 valence electrons. The molecule has 0 spiro atoms. The smallest absolute Gasteiger partial charge is 0.331 e. The Morgan fingerprint density at radius 2 is 1.76 bits per heavy atom. The molecule has 4 atom stereocenters. The van der Waals surface area contributed by atoms with Crippen molar-refractivity contribution in [2.24, 2.45) is 11.8 Å². The van der Waals surface area contributed by atoms with Gasteiger partial charge in [-0.2, -0.15) is 0 Å². The molecule has 0 heterocycles. The second-order valence-electron chi connectivity index (χ2n) is 4.70. The molecule has 2 aliphatic carbocycles. The predicted molar refractivity (Wildman–Crippen MR) is 58.1 cm³/mol. The number of aliphatic carboxylic acids is 1. The number of aliphatic hydroxyl groups excluding tert-OH is 1. The van der Waals surface area contributed by atoms with E-state index in [-0.39, 0.29) is 24.0 Å². The summed E-state index contributed by atoms with van der Waals surface area (Å²) in [5, 5.41) is 18.1. The van der Waals surface area contributed by atoms with Gasteiger partial charge in [-0.25, -0.2) is 9.59 Å². The van der Waals surface area contributed by atoms with Crippen molar-refractivity contribution in [3.05, 3.63) is 12.2 Å². The summed E-state index contributed by atoms with van der Waals surface area (Å²) >= 11 is 0. The predicted octanol–water partition coefficient (Wildman–Crippen LogP) is 0.720. The number of ether oxygens (including phenoxy) is 1. The standard InChI is InChI=1S/C12H16O5/c13-9-3-1-8-7(9)2-4-10(8)17-12(16)6-5-11(14)15/h5-10,13H,1-4H2,(H,14,15)/b6-5+/t7-,8-,9-,10-/m0/s1. The lowest BCUT2D eigenvalue weighted by Crippen LogP contribution is -2.23. The van der Waals surface area contributed by atoms with E-state index in [0.29, 0.717) is 0 Å². The monoisotopic (exact) mass is 240 g/mol. The Morgan fingerprint density at radius 3 is 2.47 bits per heavy atom. The van der Waals surface area contributed by atoms with Crippen molar-refractivity contribution in [1.29, 1.82) is 0 Å². The molecule has 17 heavy (non-hydrogen) atoms. The van der Waals surface area contributed by atoms with Crippen LogP contribution in [0.2, 0.25) is 0 Å². The van der Waals surface area contributed by atoms with Gasteiger partial charge < -0.3 is 14.9 Å². The first-order chi connectivity index (χ1) is 8.08. The van der Waals surface area contributed by atoms with Crippen LogP contribution in [-0.4, -0.2) is 34.4 Å². The lowest BCUT2D eigenvalue weighted by molar-refractivity contribution is -0.145. The SMILES string of the molecule is O=C(O)/C=C/C(=O)O[C@H]1CC[C@H]2[C@@H]1CC[C@@H]2O. The molecule has 0 bridgehead atoms. The second-order valence-corrected chi connectivity index (χ2v) is 4.70. The molecule has 2 N–H and O–H groups in total. The van der Waals surface area contributed by atoms with Crippen molar-refractivity contribution in [2.75, 3.05) is 0 Å². The highest BCUT2D eigenvalue weighted by atomic mass is 16.5.